The maximum atomic E-state index is 13.1. The highest BCUT2D eigenvalue weighted by Crippen LogP contribution is 2.19. The van der Waals surface area contributed by atoms with Crippen molar-refractivity contribution in [2.45, 2.75) is 0 Å². The van der Waals surface area contributed by atoms with Gasteiger partial charge in [0.05, 0.1) is 17.5 Å². The van der Waals surface area contributed by atoms with Gasteiger partial charge in [-0.05, 0) is 6.07 Å². The highest BCUT2D eigenvalue weighted by molar-refractivity contribution is 7.92. The highest BCUT2D eigenvalue weighted by Gasteiger charge is 2.12. The molecule has 0 aliphatic rings. The number of hydrogen-bond acceptors (Lipinski definition) is 3. The van der Waals surface area contributed by atoms with Crippen molar-refractivity contribution in [2.75, 3.05) is 11.0 Å². The topological polar surface area (TPSA) is 70.0 Å². The summed E-state index contributed by atoms with van der Waals surface area (Å²) >= 11 is 0. The molecular formula is C8H7ClF2N2O2S. The molecule has 1 aromatic rings. The van der Waals surface area contributed by atoms with Gasteiger partial charge in [0.2, 0.25) is 10.0 Å². The number of nitrogens with zero attached hydrogens (tertiary/aromatic N) is 1. The summed E-state index contributed by atoms with van der Waals surface area (Å²) in [5.41, 5.74) is -0.999. The zero-order valence-electron chi connectivity index (χ0n) is 7.99. The van der Waals surface area contributed by atoms with Gasteiger partial charge in [-0.1, -0.05) is 0 Å². The molecule has 16 heavy (non-hydrogen) atoms. The Morgan fingerprint density at radius 1 is 1.31 bits per heavy atom. The molecule has 88 valence electrons. The molecule has 0 saturated carbocycles. The van der Waals surface area contributed by atoms with Crippen molar-refractivity contribution in [3.63, 3.8) is 0 Å². The maximum Gasteiger partial charge on any atom is 0.229 e. The number of anilines is 1. The standard InChI is InChI=1S/C8H6F2N2O2S.ClH/c1-15(13,14)12-8-3-6(9)5(4-11)2-7(8)10;/h2-3,12H,1H3;1H. The third-order valence-corrected chi connectivity index (χ3v) is 2.06. The predicted molar refractivity (Wildman–Crippen MR) is 56.8 cm³/mol. The second-order valence-electron chi connectivity index (χ2n) is 2.80. The molecule has 0 aliphatic heterocycles. The fourth-order valence-corrected chi connectivity index (χ4v) is 1.47. The molecule has 1 rings (SSSR count). The summed E-state index contributed by atoms with van der Waals surface area (Å²) in [4.78, 5) is 0. The summed E-state index contributed by atoms with van der Waals surface area (Å²) in [6, 6.07) is 2.68. The van der Waals surface area contributed by atoms with Crippen LogP contribution in [0.5, 0.6) is 0 Å². The fraction of sp³-hybridized carbons (Fsp3) is 0.125. The van der Waals surface area contributed by atoms with Crippen LogP contribution in [0, 0.1) is 23.0 Å². The van der Waals surface area contributed by atoms with Crippen LogP contribution in [0.25, 0.3) is 0 Å². The van der Waals surface area contributed by atoms with Gasteiger partial charge in [0.15, 0.2) is 0 Å². The van der Waals surface area contributed by atoms with E-state index in [1.165, 1.54) is 6.07 Å². The van der Waals surface area contributed by atoms with Crippen LogP contribution in [-0.4, -0.2) is 14.7 Å². The first kappa shape index (κ1) is 14.6. The SMILES string of the molecule is CS(=O)(=O)Nc1cc(F)c(C#N)cc1F.Cl. The molecule has 4 nitrogen and oxygen atoms in total. The van der Waals surface area contributed by atoms with E-state index in [9.17, 15) is 17.2 Å². The Kier molecular flexibility index (Phi) is 4.65. The van der Waals surface area contributed by atoms with E-state index in [1.807, 2.05) is 0 Å². The number of benzene rings is 1. The fourth-order valence-electron chi connectivity index (χ4n) is 0.910. The van der Waals surface area contributed by atoms with Gasteiger partial charge in [0.25, 0.3) is 0 Å². The first-order valence-corrected chi connectivity index (χ1v) is 5.59. The van der Waals surface area contributed by atoms with Crippen LogP contribution in [0.15, 0.2) is 12.1 Å². The molecule has 0 atom stereocenters. The molecule has 1 aromatic carbocycles. The van der Waals surface area contributed by atoms with Crippen molar-refractivity contribution in [1.29, 1.82) is 5.26 Å². The zero-order valence-corrected chi connectivity index (χ0v) is 9.62. The number of sulfonamides is 1. The van der Waals surface area contributed by atoms with E-state index in [1.54, 1.807) is 4.72 Å². The largest absolute Gasteiger partial charge is 0.281 e. The van der Waals surface area contributed by atoms with Crippen LogP contribution in [0.3, 0.4) is 0 Å². The lowest BCUT2D eigenvalue weighted by Gasteiger charge is -2.05. The molecule has 0 spiro atoms. The molecule has 0 radical (unpaired) electrons. The summed E-state index contributed by atoms with van der Waals surface area (Å²) in [6.45, 7) is 0. The van der Waals surface area contributed by atoms with E-state index in [4.69, 9.17) is 5.26 Å². The normalized spacial score (nSPS) is 10.1. The van der Waals surface area contributed by atoms with Crippen LogP contribution in [0.2, 0.25) is 0 Å². The van der Waals surface area contributed by atoms with Crippen LogP contribution < -0.4 is 4.72 Å². The first-order chi connectivity index (χ1) is 6.83. The van der Waals surface area contributed by atoms with Crippen LogP contribution >= 0.6 is 12.4 Å². The Morgan fingerprint density at radius 2 is 1.88 bits per heavy atom. The summed E-state index contributed by atoms with van der Waals surface area (Å²) in [5.74, 6) is -1.98. The van der Waals surface area contributed by atoms with E-state index >= 15 is 0 Å². The molecule has 0 saturated heterocycles. The molecular weight excluding hydrogens is 262 g/mol. The van der Waals surface area contributed by atoms with Crippen molar-refractivity contribution in [3.05, 3.63) is 29.3 Å². The number of halogens is 3. The Balaban J connectivity index is 0.00000225. The van der Waals surface area contributed by atoms with Gasteiger partial charge < -0.3 is 0 Å². The van der Waals surface area contributed by atoms with E-state index in [-0.39, 0.29) is 12.4 Å². The maximum absolute atomic E-state index is 13.1. The molecule has 0 aliphatic carbocycles. The van der Waals surface area contributed by atoms with Gasteiger partial charge in [-0.2, -0.15) is 5.26 Å². The molecule has 0 unspecified atom stereocenters. The lowest BCUT2D eigenvalue weighted by molar-refractivity contribution is 0.595. The van der Waals surface area contributed by atoms with Gasteiger partial charge in [-0.3, -0.25) is 4.72 Å². The third-order valence-electron chi connectivity index (χ3n) is 1.47. The smallest absolute Gasteiger partial charge is 0.229 e. The highest BCUT2D eigenvalue weighted by atomic mass is 35.5. The first-order valence-electron chi connectivity index (χ1n) is 3.70. The Morgan fingerprint density at radius 3 is 2.31 bits per heavy atom. The van der Waals surface area contributed by atoms with E-state index < -0.39 is 32.9 Å². The minimum absolute atomic E-state index is 0. The lowest BCUT2D eigenvalue weighted by Crippen LogP contribution is -2.11. The number of hydrogen-bond donors (Lipinski definition) is 1. The summed E-state index contributed by atoms with van der Waals surface area (Å²) in [5, 5.41) is 8.37. The van der Waals surface area contributed by atoms with Crippen molar-refractivity contribution < 1.29 is 17.2 Å². The van der Waals surface area contributed by atoms with Gasteiger partial charge in [0.1, 0.15) is 17.7 Å². The minimum Gasteiger partial charge on any atom is -0.281 e. The predicted octanol–water partition coefficient (Wildman–Crippen LogP) is 1.63. The zero-order chi connectivity index (χ0) is 11.6. The van der Waals surface area contributed by atoms with Crippen LogP contribution in [0.1, 0.15) is 5.56 Å². The number of rotatable bonds is 2. The second kappa shape index (κ2) is 5.09. The molecule has 0 bridgehead atoms. The number of nitrogens with one attached hydrogen (secondary N) is 1. The second-order valence-corrected chi connectivity index (χ2v) is 4.55. The number of nitriles is 1. The van der Waals surface area contributed by atoms with Gasteiger partial charge >= 0.3 is 0 Å². The van der Waals surface area contributed by atoms with Crippen molar-refractivity contribution in [3.8, 4) is 6.07 Å². The van der Waals surface area contributed by atoms with Crippen LogP contribution in [-0.2, 0) is 10.0 Å². The Bertz CT molecular complexity index is 540. The van der Waals surface area contributed by atoms with Gasteiger partial charge in [-0.15, -0.1) is 12.4 Å². The average Bonchev–Trinajstić information content (AvgIpc) is 2.08. The van der Waals surface area contributed by atoms with E-state index in [0.29, 0.717) is 12.1 Å². The molecule has 0 heterocycles. The van der Waals surface area contributed by atoms with Gasteiger partial charge in [-0.25, -0.2) is 17.2 Å². The average molecular weight is 269 g/mol. The van der Waals surface area contributed by atoms with Crippen molar-refractivity contribution in [2.24, 2.45) is 0 Å². The Labute approximate surface area is 97.3 Å². The lowest BCUT2D eigenvalue weighted by atomic mass is 10.2. The molecule has 1 N–H and O–H groups in total. The minimum atomic E-state index is -3.68. The summed E-state index contributed by atoms with van der Waals surface area (Å²) in [6.07, 6.45) is 0.808. The van der Waals surface area contributed by atoms with Crippen LogP contribution in [0.4, 0.5) is 14.5 Å². The molecule has 0 fully saturated rings. The third kappa shape index (κ3) is 3.64. The Hall–Kier alpha value is -1.39. The summed E-state index contributed by atoms with van der Waals surface area (Å²) in [7, 11) is -3.68. The molecule has 0 amide bonds. The molecule has 0 aromatic heterocycles. The van der Waals surface area contributed by atoms with Gasteiger partial charge in [0, 0.05) is 6.07 Å². The van der Waals surface area contributed by atoms with E-state index in [0.717, 1.165) is 6.26 Å². The monoisotopic (exact) mass is 268 g/mol. The quantitative estimate of drug-likeness (QED) is 0.886. The van der Waals surface area contributed by atoms with E-state index in [2.05, 4.69) is 0 Å². The molecule has 8 heteroatoms. The van der Waals surface area contributed by atoms with Crippen molar-refractivity contribution in [1.82, 2.24) is 0 Å². The van der Waals surface area contributed by atoms with Crippen molar-refractivity contribution >= 4 is 28.1 Å². The summed E-state index contributed by atoms with van der Waals surface area (Å²) < 4.78 is 49.4.